The maximum Gasteiger partial charge on any atom is 0.240 e. The molecule has 0 bridgehead atoms. The number of imidazole rings is 1. The number of aryl methyl sites for hydroxylation is 1. The lowest BCUT2D eigenvalue weighted by Gasteiger charge is -2.45. The smallest absolute Gasteiger partial charge is 0.240 e. The van der Waals surface area contributed by atoms with Gasteiger partial charge in [0.2, 0.25) is 15.9 Å². The zero-order valence-electron chi connectivity index (χ0n) is 19.0. The predicted molar refractivity (Wildman–Crippen MR) is 132 cm³/mol. The van der Waals surface area contributed by atoms with Crippen molar-refractivity contribution in [1.29, 1.82) is 5.26 Å². The minimum Gasteiger partial charge on any atom is -0.326 e. The van der Waals surface area contributed by atoms with Crippen LogP contribution in [0.25, 0.3) is 11.0 Å². The molecule has 0 atom stereocenters. The number of fused-ring (bicyclic) bond motifs is 3. The highest BCUT2D eigenvalue weighted by molar-refractivity contribution is 7.90. The number of amides is 1. The maximum absolute atomic E-state index is 13.9. The van der Waals surface area contributed by atoms with E-state index in [1.165, 1.54) is 4.31 Å². The Morgan fingerprint density at radius 3 is 2.69 bits per heavy atom. The van der Waals surface area contributed by atoms with Crippen LogP contribution >= 0.6 is 11.6 Å². The largest absolute Gasteiger partial charge is 0.326 e. The van der Waals surface area contributed by atoms with Crippen molar-refractivity contribution in [1.82, 2.24) is 13.9 Å². The average molecular weight is 510 g/mol. The fourth-order valence-electron chi connectivity index (χ4n) is 5.35. The van der Waals surface area contributed by atoms with E-state index in [1.54, 1.807) is 11.0 Å². The molecule has 35 heavy (non-hydrogen) atoms. The van der Waals surface area contributed by atoms with E-state index in [0.29, 0.717) is 43.1 Å². The van der Waals surface area contributed by atoms with Crippen LogP contribution in [0.15, 0.2) is 42.5 Å². The fraction of sp³-hybridized carbons (Fsp3) is 0.400. The molecule has 3 heterocycles. The first-order valence-electron chi connectivity index (χ1n) is 11.8. The first-order chi connectivity index (χ1) is 16.8. The fourth-order valence-corrected chi connectivity index (χ4v) is 7.47. The van der Waals surface area contributed by atoms with Gasteiger partial charge in [-0.2, -0.15) is 9.57 Å². The number of para-hydroxylation sites is 1. The number of nitriles is 1. The Morgan fingerprint density at radius 2 is 1.94 bits per heavy atom. The molecular formula is C25H24ClN5O3S. The van der Waals surface area contributed by atoms with Crippen LogP contribution in [0.5, 0.6) is 0 Å². The van der Waals surface area contributed by atoms with Crippen LogP contribution in [0.3, 0.4) is 0 Å². The number of hydrogen-bond donors (Lipinski definition) is 0. The minimum atomic E-state index is -3.33. The van der Waals surface area contributed by atoms with Gasteiger partial charge >= 0.3 is 0 Å². The molecule has 2 fully saturated rings. The third-order valence-corrected chi connectivity index (χ3v) is 9.85. The van der Waals surface area contributed by atoms with Gasteiger partial charge in [0.1, 0.15) is 11.2 Å². The molecule has 1 amide bonds. The molecular weight excluding hydrogens is 486 g/mol. The van der Waals surface area contributed by atoms with Crippen LogP contribution < -0.4 is 4.90 Å². The highest BCUT2D eigenvalue weighted by Gasteiger charge is 2.62. The Hall–Kier alpha value is -2.93. The standard InChI is InChI=1S/C25H24ClN5O3S/c26-17-7-10-22-20(13-17)28-23(30(22)12-4-3-11-27)14-31-21-6-2-1-5-19(21)25(24(31)32)15-29(16-25)35(33,34)18-8-9-18/h1-2,5-7,10,13,18H,3-4,8-9,12,14-16H2. The van der Waals surface area contributed by atoms with Crippen LogP contribution in [0.2, 0.25) is 5.02 Å². The van der Waals surface area contributed by atoms with Crippen molar-refractivity contribution in [2.24, 2.45) is 0 Å². The van der Waals surface area contributed by atoms with Gasteiger partial charge in [-0.3, -0.25) is 4.79 Å². The van der Waals surface area contributed by atoms with Crippen LogP contribution in [0.4, 0.5) is 5.69 Å². The van der Waals surface area contributed by atoms with E-state index < -0.39 is 15.4 Å². The maximum atomic E-state index is 13.9. The van der Waals surface area contributed by atoms with E-state index in [2.05, 4.69) is 10.6 Å². The molecule has 1 aromatic heterocycles. The third-order valence-electron chi connectivity index (χ3n) is 7.32. The molecule has 1 spiro atoms. The van der Waals surface area contributed by atoms with Gasteiger partial charge in [-0.05, 0) is 49.1 Å². The van der Waals surface area contributed by atoms with E-state index in [9.17, 15) is 13.2 Å². The van der Waals surface area contributed by atoms with E-state index in [4.69, 9.17) is 21.8 Å². The molecule has 0 radical (unpaired) electrons. The summed E-state index contributed by atoms with van der Waals surface area (Å²) >= 11 is 6.20. The highest BCUT2D eigenvalue weighted by Crippen LogP contribution is 2.50. The molecule has 8 nitrogen and oxygen atoms in total. The van der Waals surface area contributed by atoms with Gasteiger partial charge < -0.3 is 9.47 Å². The zero-order valence-corrected chi connectivity index (χ0v) is 20.6. The number of carbonyl (C=O) groups excluding carboxylic acids is 1. The Kier molecular flexibility index (Phi) is 5.18. The van der Waals surface area contributed by atoms with E-state index in [1.807, 2.05) is 36.4 Å². The van der Waals surface area contributed by atoms with Gasteiger partial charge in [0.25, 0.3) is 0 Å². The molecule has 10 heteroatoms. The first-order valence-corrected chi connectivity index (χ1v) is 13.7. The number of nitrogens with zero attached hydrogens (tertiary/aromatic N) is 5. The molecule has 2 aliphatic heterocycles. The summed E-state index contributed by atoms with van der Waals surface area (Å²) < 4.78 is 29.0. The van der Waals surface area contributed by atoms with Gasteiger partial charge in [0.05, 0.1) is 28.9 Å². The van der Waals surface area contributed by atoms with Crippen molar-refractivity contribution in [3.8, 4) is 6.07 Å². The SMILES string of the molecule is N#CCCCn1c(CN2C(=O)C3(CN(S(=O)(=O)C4CC4)C3)c3ccccc32)nc2cc(Cl)ccc21. The molecule has 0 N–H and O–H groups in total. The normalized spacial score (nSPS) is 19.2. The lowest BCUT2D eigenvalue weighted by atomic mass is 9.76. The van der Waals surface area contributed by atoms with Gasteiger partial charge in [0, 0.05) is 36.8 Å². The Labute approximate surface area is 208 Å². The topological polar surface area (TPSA) is 99.3 Å². The second kappa shape index (κ2) is 8.05. The number of carbonyl (C=O) groups is 1. The number of halogens is 1. The number of sulfonamides is 1. The van der Waals surface area contributed by atoms with E-state index >= 15 is 0 Å². The van der Waals surface area contributed by atoms with Crippen LogP contribution in [-0.2, 0) is 33.3 Å². The molecule has 2 aromatic carbocycles. The first kappa shape index (κ1) is 22.5. The van der Waals surface area contributed by atoms with Gasteiger partial charge in [-0.15, -0.1) is 0 Å². The summed E-state index contributed by atoms with van der Waals surface area (Å²) in [7, 11) is -3.33. The average Bonchev–Trinajstić information content (AvgIpc) is 3.57. The second-order valence-electron chi connectivity index (χ2n) is 9.58. The van der Waals surface area contributed by atoms with E-state index in [0.717, 1.165) is 22.3 Å². The summed E-state index contributed by atoms with van der Waals surface area (Å²) in [6.07, 6.45) is 2.50. The molecule has 3 aliphatic rings. The number of unbranched alkanes of at least 4 members (excludes halogenated alkanes) is 1. The monoisotopic (exact) mass is 509 g/mol. The number of anilines is 1. The summed E-state index contributed by atoms with van der Waals surface area (Å²) in [4.78, 5) is 20.4. The highest BCUT2D eigenvalue weighted by atomic mass is 35.5. The van der Waals surface area contributed by atoms with Crippen LogP contribution in [-0.4, -0.2) is 46.5 Å². The Morgan fingerprint density at radius 1 is 1.17 bits per heavy atom. The quantitative estimate of drug-likeness (QED) is 0.453. The summed E-state index contributed by atoms with van der Waals surface area (Å²) in [6.45, 7) is 1.23. The number of rotatable bonds is 7. The molecule has 180 valence electrons. The van der Waals surface area contributed by atoms with Crippen molar-refractivity contribution in [3.05, 3.63) is 58.9 Å². The molecule has 1 saturated heterocycles. The summed E-state index contributed by atoms with van der Waals surface area (Å²) in [5.74, 6) is 0.622. The second-order valence-corrected chi connectivity index (χ2v) is 12.2. The third kappa shape index (κ3) is 3.46. The Bertz CT molecular complexity index is 1500. The van der Waals surface area contributed by atoms with Crippen molar-refractivity contribution in [2.45, 2.75) is 49.4 Å². The summed E-state index contributed by atoms with van der Waals surface area (Å²) in [5.41, 5.74) is 2.48. The van der Waals surface area contributed by atoms with Gasteiger partial charge in [-0.25, -0.2) is 13.4 Å². The van der Waals surface area contributed by atoms with Crippen LogP contribution in [0.1, 0.15) is 37.1 Å². The summed E-state index contributed by atoms with van der Waals surface area (Å²) in [6, 6.07) is 15.3. The number of benzene rings is 2. The lowest BCUT2D eigenvalue weighted by Crippen LogP contribution is -2.65. The van der Waals surface area contributed by atoms with E-state index in [-0.39, 0.29) is 30.8 Å². The minimum absolute atomic E-state index is 0.0883. The Balaban J connectivity index is 1.35. The van der Waals surface area contributed by atoms with Crippen molar-refractivity contribution >= 4 is 44.3 Å². The lowest BCUT2D eigenvalue weighted by molar-refractivity contribution is -0.127. The molecule has 0 unspecified atom stereocenters. The summed E-state index contributed by atoms with van der Waals surface area (Å²) in [5, 5.41) is 9.30. The van der Waals surface area contributed by atoms with Gasteiger partial charge in [0.15, 0.2) is 0 Å². The zero-order chi connectivity index (χ0) is 24.4. The molecule has 6 rings (SSSR count). The van der Waals surface area contributed by atoms with Crippen molar-refractivity contribution in [2.75, 3.05) is 18.0 Å². The van der Waals surface area contributed by atoms with Crippen molar-refractivity contribution < 1.29 is 13.2 Å². The predicted octanol–water partition coefficient (Wildman–Crippen LogP) is 3.59. The van der Waals surface area contributed by atoms with Crippen LogP contribution in [0, 0.1) is 11.3 Å². The number of hydrogen-bond acceptors (Lipinski definition) is 5. The number of aromatic nitrogens is 2. The molecule has 3 aromatic rings. The van der Waals surface area contributed by atoms with Gasteiger partial charge in [-0.1, -0.05) is 29.8 Å². The molecule has 1 saturated carbocycles. The molecule has 1 aliphatic carbocycles. The van der Waals surface area contributed by atoms with Crippen molar-refractivity contribution in [3.63, 3.8) is 0 Å².